The average molecular weight is 357 g/mol. The van der Waals surface area contributed by atoms with Gasteiger partial charge in [0.25, 0.3) is 5.91 Å². The quantitative estimate of drug-likeness (QED) is 0.770. The van der Waals surface area contributed by atoms with Crippen LogP contribution in [0.25, 0.3) is 4.85 Å². The number of ether oxygens (including phenoxy) is 1. The maximum atomic E-state index is 12.5. The lowest BCUT2D eigenvalue weighted by Gasteiger charge is -2.34. The third-order valence-corrected chi connectivity index (χ3v) is 4.39. The molecule has 0 spiro atoms. The van der Waals surface area contributed by atoms with Gasteiger partial charge in [-0.25, -0.2) is 9.64 Å². The number of hydrogen-bond acceptors (Lipinski definition) is 3. The predicted molar refractivity (Wildman–Crippen MR) is 100 cm³/mol. The molecule has 0 N–H and O–H groups in total. The zero-order chi connectivity index (χ0) is 19.3. The van der Waals surface area contributed by atoms with E-state index >= 15 is 0 Å². The first-order chi connectivity index (χ1) is 12.2. The molecule has 6 nitrogen and oxygen atoms in total. The SMILES string of the molecule is [C-]#[N+]c1ccc(C(=O)N(C)CC2CCN(C(=O)OC(C)(C)C)CC2)cc1. The van der Waals surface area contributed by atoms with Gasteiger partial charge in [0.1, 0.15) is 5.60 Å². The van der Waals surface area contributed by atoms with E-state index in [1.165, 1.54) is 0 Å². The maximum Gasteiger partial charge on any atom is 0.410 e. The molecule has 0 atom stereocenters. The van der Waals surface area contributed by atoms with E-state index in [1.807, 2.05) is 20.8 Å². The van der Waals surface area contributed by atoms with Crippen molar-refractivity contribution in [2.75, 3.05) is 26.7 Å². The molecule has 1 aliphatic heterocycles. The fourth-order valence-corrected chi connectivity index (χ4v) is 2.99. The maximum absolute atomic E-state index is 12.5. The number of likely N-dealkylation sites (tertiary alicyclic amines) is 1. The summed E-state index contributed by atoms with van der Waals surface area (Å²) in [5.41, 5.74) is 0.633. The second kappa shape index (κ2) is 8.22. The van der Waals surface area contributed by atoms with Crippen molar-refractivity contribution in [3.05, 3.63) is 41.2 Å². The van der Waals surface area contributed by atoms with Crippen LogP contribution in [0.5, 0.6) is 0 Å². The Morgan fingerprint density at radius 1 is 1.23 bits per heavy atom. The van der Waals surface area contributed by atoms with Crippen LogP contribution in [0.3, 0.4) is 0 Å². The van der Waals surface area contributed by atoms with Crippen molar-refractivity contribution >= 4 is 17.7 Å². The van der Waals surface area contributed by atoms with Crippen LogP contribution >= 0.6 is 0 Å². The minimum Gasteiger partial charge on any atom is -0.444 e. The van der Waals surface area contributed by atoms with Crippen molar-refractivity contribution < 1.29 is 14.3 Å². The third kappa shape index (κ3) is 5.48. The summed E-state index contributed by atoms with van der Waals surface area (Å²) in [6, 6.07) is 6.70. The molecule has 1 saturated heterocycles. The van der Waals surface area contributed by atoms with Gasteiger partial charge in [-0.15, -0.1) is 0 Å². The molecule has 0 aromatic heterocycles. The third-order valence-electron chi connectivity index (χ3n) is 4.39. The van der Waals surface area contributed by atoms with Gasteiger partial charge in [0.15, 0.2) is 5.69 Å². The fraction of sp³-hybridized carbons (Fsp3) is 0.550. The largest absolute Gasteiger partial charge is 0.444 e. The summed E-state index contributed by atoms with van der Waals surface area (Å²) in [6.07, 6.45) is 1.45. The van der Waals surface area contributed by atoms with E-state index < -0.39 is 5.60 Å². The molecule has 0 radical (unpaired) electrons. The summed E-state index contributed by atoms with van der Waals surface area (Å²) in [7, 11) is 1.80. The molecule has 0 saturated carbocycles. The first-order valence-electron chi connectivity index (χ1n) is 8.90. The van der Waals surface area contributed by atoms with E-state index in [0.717, 1.165) is 12.8 Å². The van der Waals surface area contributed by atoms with Crippen molar-refractivity contribution in [2.45, 2.75) is 39.2 Å². The highest BCUT2D eigenvalue weighted by atomic mass is 16.6. The van der Waals surface area contributed by atoms with E-state index in [2.05, 4.69) is 4.85 Å². The fourth-order valence-electron chi connectivity index (χ4n) is 2.99. The molecule has 1 aromatic carbocycles. The number of piperidine rings is 1. The van der Waals surface area contributed by atoms with Crippen LogP contribution in [0, 0.1) is 12.5 Å². The van der Waals surface area contributed by atoms with Crippen molar-refractivity contribution in [1.82, 2.24) is 9.80 Å². The average Bonchev–Trinajstić information content (AvgIpc) is 2.60. The molecule has 2 rings (SSSR count). The number of nitrogens with zero attached hydrogens (tertiary/aromatic N) is 3. The first kappa shape index (κ1) is 19.8. The molecule has 1 aromatic rings. The lowest BCUT2D eigenvalue weighted by atomic mass is 9.96. The molecule has 1 aliphatic rings. The molecule has 0 aliphatic carbocycles. The highest BCUT2D eigenvalue weighted by Crippen LogP contribution is 2.21. The molecule has 0 unspecified atom stereocenters. The number of rotatable bonds is 3. The molecule has 6 heteroatoms. The summed E-state index contributed by atoms with van der Waals surface area (Å²) in [4.78, 5) is 31.4. The van der Waals surface area contributed by atoms with Crippen molar-refractivity contribution in [3.63, 3.8) is 0 Å². The van der Waals surface area contributed by atoms with Crippen LogP contribution in [0.2, 0.25) is 0 Å². The molecular weight excluding hydrogens is 330 g/mol. The van der Waals surface area contributed by atoms with Crippen LogP contribution in [0.15, 0.2) is 24.3 Å². The van der Waals surface area contributed by atoms with E-state index in [9.17, 15) is 9.59 Å². The molecule has 1 fully saturated rings. The standard InChI is InChI=1S/C20H27N3O3/c1-20(2,3)26-19(25)23-12-10-15(11-13-23)14-22(5)18(24)16-6-8-17(21-4)9-7-16/h6-9,15H,10-14H2,1-3,5H3. The summed E-state index contributed by atoms with van der Waals surface area (Å²) < 4.78 is 5.41. The first-order valence-corrected chi connectivity index (χ1v) is 8.90. The van der Waals surface area contributed by atoms with Crippen molar-refractivity contribution in [3.8, 4) is 0 Å². The van der Waals surface area contributed by atoms with Crippen molar-refractivity contribution in [2.24, 2.45) is 5.92 Å². The zero-order valence-corrected chi connectivity index (χ0v) is 16.0. The Hall–Kier alpha value is -2.55. The molecule has 0 bridgehead atoms. The van der Waals surface area contributed by atoms with Gasteiger partial charge >= 0.3 is 6.09 Å². The van der Waals surface area contributed by atoms with E-state index in [0.29, 0.717) is 36.8 Å². The van der Waals surface area contributed by atoms with E-state index in [1.54, 1.807) is 41.1 Å². The van der Waals surface area contributed by atoms with Crippen molar-refractivity contribution in [1.29, 1.82) is 0 Å². The van der Waals surface area contributed by atoms with Gasteiger partial charge in [-0.3, -0.25) is 4.79 Å². The molecule has 1 heterocycles. The van der Waals surface area contributed by atoms with Gasteiger partial charge in [-0.05, 0) is 39.5 Å². The van der Waals surface area contributed by atoms with Crippen LogP contribution in [-0.2, 0) is 4.74 Å². The Bertz CT molecular complexity index is 678. The van der Waals surface area contributed by atoms with E-state index in [-0.39, 0.29) is 12.0 Å². The van der Waals surface area contributed by atoms with Gasteiger partial charge < -0.3 is 14.5 Å². The van der Waals surface area contributed by atoms with Gasteiger partial charge in [0.2, 0.25) is 0 Å². The Morgan fingerprint density at radius 2 is 1.81 bits per heavy atom. The number of hydrogen-bond donors (Lipinski definition) is 0. The minimum atomic E-state index is -0.483. The highest BCUT2D eigenvalue weighted by Gasteiger charge is 2.28. The number of benzene rings is 1. The zero-order valence-electron chi connectivity index (χ0n) is 16.0. The molecular formula is C20H27N3O3. The molecule has 2 amide bonds. The lowest BCUT2D eigenvalue weighted by Crippen LogP contribution is -2.44. The summed E-state index contributed by atoms with van der Waals surface area (Å²) in [5.74, 6) is 0.321. The molecule has 140 valence electrons. The van der Waals surface area contributed by atoms with Crippen LogP contribution in [0.4, 0.5) is 10.5 Å². The minimum absolute atomic E-state index is 0.0453. The Balaban J connectivity index is 1.83. The van der Waals surface area contributed by atoms with Gasteiger partial charge in [-0.2, -0.15) is 0 Å². The smallest absolute Gasteiger partial charge is 0.410 e. The highest BCUT2D eigenvalue weighted by molar-refractivity contribution is 5.94. The predicted octanol–water partition coefficient (Wildman–Crippen LogP) is 3.96. The van der Waals surface area contributed by atoms with Crippen LogP contribution < -0.4 is 0 Å². The van der Waals surface area contributed by atoms with Crippen LogP contribution in [0.1, 0.15) is 44.0 Å². The topological polar surface area (TPSA) is 54.2 Å². The Labute approximate surface area is 155 Å². The van der Waals surface area contributed by atoms with E-state index in [4.69, 9.17) is 11.3 Å². The second-order valence-corrected chi connectivity index (χ2v) is 7.76. The number of carbonyl (C=O) groups excluding carboxylic acids is 2. The Kier molecular flexibility index (Phi) is 6.25. The summed E-state index contributed by atoms with van der Waals surface area (Å²) in [5, 5.41) is 0. The van der Waals surface area contributed by atoms with Crippen LogP contribution in [-0.4, -0.2) is 54.1 Å². The Morgan fingerprint density at radius 3 is 2.31 bits per heavy atom. The number of carbonyl (C=O) groups is 2. The van der Waals surface area contributed by atoms with Gasteiger partial charge in [0, 0.05) is 32.2 Å². The normalized spacial score (nSPS) is 15.3. The second-order valence-electron chi connectivity index (χ2n) is 7.76. The summed E-state index contributed by atoms with van der Waals surface area (Å²) in [6.45, 7) is 14.5. The van der Waals surface area contributed by atoms with Gasteiger partial charge in [-0.1, -0.05) is 24.3 Å². The summed E-state index contributed by atoms with van der Waals surface area (Å²) >= 11 is 0. The van der Waals surface area contributed by atoms with Gasteiger partial charge in [0.05, 0.1) is 6.57 Å². The molecule has 26 heavy (non-hydrogen) atoms. The number of amides is 2. The monoisotopic (exact) mass is 357 g/mol. The lowest BCUT2D eigenvalue weighted by molar-refractivity contribution is 0.0171.